The number of hydrogen-bond donors (Lipinski definition) is 2. The number of amides is 1. The minimum absolute atomic E-state index is 0.0982. The Morgan fingerprint density at radius 3 is 2.34 bits per heavy atom. The molecule has 2 heterocycles. The average Bonchev–Trinajstić information content (AvgIpc) is 2.78. The first-order valence-corrected chi connectivity index (χ1v) is 11.4. The van der Waals surface area contributed by atoms with Gasteiger partial charge in [0.15, 0.2) is 5.78 Å². The monoisotopic (exact) mass is 475 g/mol. The lowest BCUT2D eigenvalue weighted by Gasteiger charge is -2.39. The molecule has 0 unspecified atom stereocenters. The Hall–Kier alpha value is -4.14. The van der Waals surface area contributed by atoms with E-state index < -0.39 is 5.60 Å². The number of ketones is 1. The summed E-state index contributed by atoms with van der Waals surface area (Å²) in [4.78, 5) is 35.3. The first kappa shape index (κ1) is 24.0. The van der Waals surface area contributed by atoms with Crippen molar-refractivity contribution >= 4 is 23.5 Å². The SMILES string of the molecule is CC(C)(C)OC(=O)N1CC(CNc2ncnc(N)c2C(=O)c2ccc(Oc3ccccc3)cc2)C1. The van der Waals surface area contributed by atoms with E-state index in [-0.39, 0.29) is 29.2 Å². The van der Waals surface area contributed by atoms with E-state index in [1.54, 1.807) is 29.2 Å². The van der Waals surface area contributed by atoms with E-state index in [1.165, 1.54) is 6.33 Å². The number of hydrogen-bond acceptors (Lipinski definition) is 8. The quantitative estimate of drug-likeness (QED) is 0.484. The second-order valence-electron chi connectivity index (χ2n) is 9.38. The lowest BCUT2D eigenvalue weighted by Crippen LogP contribution is -2.53. The lowest BCUT2D eigenvalue weighted by atomic mass is 10.00. The average molecular weight is 476 g/mol. The molecule has 1 fully saturated rings. The number of anilines is 2. The number of ether oxygens (including phenoxy) is 2. The number of nitrogen functional groups attached to an aromatic ring is 1. The van der Waals surface area contributed by atoms with E-state index in [0.29, 0.717) is 42.5 Å². The first-order valence-electron chi connectivity index (χ1n) is 11.4. The molecule has 0 aliphatic carbocycles. The number of carbonyl (C=O) groups is 2. The van der Waals surface area contributed by atoms with E-state index >= 15 is 0 Å². The second kappa shape index (κ2) is 10.0. The fourth-order valence-electron chi connectivity index (χ4n) is 3.62. The third-order valence-corrected chi connectivity index (χ3v) is 5.37. The number of nitrogens with one attached hydrogen (secondary N) is 1. The molecule has 3 aromatic rings. The summed E-state index contributed by atoms with van der Waals surface area (Å²) < 4.78 is 11.2. The van der Waals surface area contributed by atoms with Gasteiger partial charge in [-0.3, -0.25) is 4.79 Å². The van der Waals surface area contributed by atoms with Crippen molar-refractivity contribution in [3.63, 3.8) is 0 Å². The van der Waals surface area contributed by atoms with Crippen LogP contribution >= 0.6 is 0 Å². The summed E-state index contributed by atoms with van der Waals surface area (Å²) in [5.41, 5.74) is 6.19. The van der Waals surface area contributed by atoms with Crippen LogP contribution in [0.1, 0.15) is 36.7 Å². The van der Waals surface area contributed by atoms with Crippen LogP contribution in [0.5, 0.6) is 11.5 Å². The highest BCUT2D eigenvalue weighted by Crippen LogP contribution is 2.26. The molecule has 0 bridgehead atoms. The summed E-state index contributed by atoms with van der Waals surface area (Å²) in [6.45, 7) is 7.17. The molecule has 0 atom stereocenters. The maximum atomic E-state index is 13.2. The number of carbonyl (C=O) groups excluding carboxylic acids is 2. The zero-order chi connectivity index (χ0) is 25.0. The molecule has 4 rings (SSSR count). The van der Waals surface area contributed by atoms with Crippen molar-refractivity contribution in [1.82, 2.24) is 14.9 Å². The smallest absolute Gasteiger partial charge is 0.410 e. The van der Waals surface area contributed by atoms with Gasteiger partial charge in [0.25, 0.3) is 0 Å². The molecule has 2 aromatic carbocycles. The molecule has 1 aliphatic rings. The summed E-state index contributed by atoms with van der Waals surface area (Å²) in [5, 5.41) is 3.20. The van der Waals surface area contributed by atoms with Crippen LogP contribution in [0.2, 0.25) is 0 Å². The Morgan fingerprint density at radius 1 is 1.03 bits per heavy atom. The van der Waals surface area contributed by atoms with Gasteiger partial charge in [-0.2, -0.15) is 0 Å². The minimum atomic E-state index is -0.528. The fourth-order valence-corrected chi connectivity index (χ4v) is 3.62. The van der Waals surface area contributed by atoms with Gasteiger partial charge in [0.1, 0.15) is 40.6 Å². The summed E-state index contributed by atoms with van der Waals surface area (Å²) in [5.74, 6) is 1.70. The van der Waals surface area contributed by atoms with Gasteiger partial charge in [0.2, 0.25) is 0 Å². The summed E-state index contributed by atoms with van der Waals surface area (Å²) >= 11 is 0. The van der Waals surface area contributed by atoms with Crippen LogP contribution < -0.4 is 15.8 Å². The van der Waals surface area contributed by atoms with E-state index in [2.05, 4.69) is 15.3 Å². The molecule has 9 nitrogen and oxygen atoms in total. The molecule has 1 amide bonds. The van der Waals surface area contributed by atoms with Crippen molar-refractivity contribution in [3.05, 3.63) is 72.1 Å². The van der Waals surface area contributed by atoms with Gasteiger partial charge < -0.3 is 25.4 Å². The number of benzene rings is 2. The highest BCUT2D eigenvalue weighted by atomic mass is 16.6. The molecule has 0 saturated carbocycles. The van der Waals surface area contributed by atoms with Crippen molar-refractivity contribution < 1.29 is 19.1 Å². The van der Waals surface area contributed by atoms with Gasteiger partial charge in [0, 0.05) is 31.1 Å². The highest BCUT2D eigenvalue weighted by molar-refractivity contribution is 6.14. The van der Waals surface area contributed by atoms with Crippen LogP contribution in [-0.2, 0) is 4.74 Å². The number of rotatable bonds is 7. The summed E-state index contributed by atoms with van der Waals surface area (Å²) in [6.07, 6.45) is 0.995. The summed E-state index contributed by atoms with van der Waals surface area (Å²) in [6, 6.07) is 16.2. The van der Waals surface area contributed by atoms with Gasteiger partial charge >= 0.3 is 6.09 Å². The standard InChI is InChI=1S/C26H29N5O4/c1-26(2,3)35-25(33)31-14-17(15-31)13-28-24-21(23(27)29-16-30-24)22(32)18-9-11-20(12-10-18)34-19-7-5-4-6-8-19/h4-12,16-17H,13-15H2,1-3H3,(H3,27,28,29,30). The predicted octanol–water partition coefficient (Wildman–Crippen LogP) is 4.36. The van der Waals surface area contributed by atoms with Crippen LogP contribution in [0.25, 0.3) is 0 Å². The molecule has 9 heteroatoms. The molecule has 1 aromatic heterocycles. The highest BCUT2D eigenvalue weighted by Gasteiger charge is 2.33. The van der Waals surface area contributed by atoms with Crippen LogP contribution in [0.4, 0.5) is 16.4 Å². The molecule has 0 spiro atoms. The number of nitrogens with two attached hydrogens (primary N) is 1. The summed E-state index contributed by atoms with van der Waals surface area (Å²) in [7, 11) is 0. The Balaban J connectivity index is 1.38. The Labute approximate surface area is 204 Å². The molecule has 3 N–H and O–H groups in total. The lowest BCUT2D eigenvalue weighted by molar-refractivity contribution is 0.000835. The number of likely N-dealkylation sites (tertiary alicyclic amines) is 1. The van der Waals surface area contributed by atoms with E-state index in [0.717, 1.165) is 0 Å². The van der Waals surface area contributed by atoms with E-state index in [1.807, 2.05) is 51.1 Å². The number of aromatic nitrogens is 2. The van der Waals surface area contributed by atoms with Crippen molar-refractivity contribution in [2.75, 3.05) is 30.7 Å². The molecule has 1 aliphatic heterocycles. The van der Waals surface area contributed by atoms with Gasteiger partial charge in [-0.1, -0.05) is 18.2 Å². The van der Waals surface area contributed by atoms with Crippen LogP contribution in [-0.4, -0.2) is 52.0 Å². The molecule has 0 radical (unpaired) electrons. The third-order valence-electron chi connectivity index (χ3n) is 5.37. The van der Waals surface area contributed by atoms with Crippen LogP contribution in [0.15, 0.2) is 60.9 Å². The van der Waals surface area contributed by atoms with Gasteiger partial charge in [-0.15, -0.1) is 0 Å². The van der Waals surface area contributed by atoms with Gasteiger partial charge in [-0.05, 0) is 57.2 Å². The number of nitrogens with zero attached hydrogens (tertiary/aromatic N) is 3. The first-order chi connectivity index (χ1) is 16.7. The topological polar surface area (TPSA) is 120 Å². The van der Waals surface area contributed by atoms with Gasteiger partial charge in [-0.25, -0.2) is 14.8 Å². The van der Waals surface area contributed by atoms with Crippen LogP contribution in [0.3, 0.4) is 0 Å². The number of para-hydroxylation sites is 1. The molecular formula is C26H29N5O4. The Bertz CT molecular complexity index is 1190. The second-order valence-corrected chi connectivity index (χ2v) is 9.38. The fraction of sp³-hybridized carbons (Fsp3) is 0.308. The Kier molecular flexibility index (Phi) is 6.86. The molecule has 1 saturated heterocycles. The third kappa shape index (κ3) is 6.06. The largest absolute Gasteiger partial charge is 0.457 e. The maximum Gasteiger partial charge on any atom is 0.410 e. The molecule has 35 heavy (non-hydrogen) atoms. The van der Waals surface area contributed by atoms with Gasteiger partial charge in [0.05, 0.1) is 0 Å². The molecular weight excluding hydrogens is 446 g/mol. The molecule has 182 valence electrons. The van der Waals surface area contributed by atoms with Crippen LogP contribution in [0, 0.1) is 5.92 Å². The van der Waals surface area contributed by atoms with Crippen molar-refractivity contribution in [3.8, 4) is 11.5 Å². The van der Waals surface area contributed by atoms with Crippen molar-refractivity contribution in [2.24, 2.45) is 5.92 Å². The van der Waals surface area contributed by atoms with Crippen molar-refractivity contribution in [1.29, 1.82) is 0 Å². The minimum Gasteiger partial charge on any atom is -0.457 e. The predicted molar refractivity (Wildman–Crippen MR) is 133 cm³/mol. The zero-order valence-electron chi connectivity index (χ0n) is 20.0. The zero-order valence-corrected chi connectivity index (χ0v) is 20.0. The maximum absolute atomic E-state index is 13.2. The van der Waals surface area contributed by atoms with Crippen molar-refractivity contribution in [2.45, 2.75) is 26.4 Å². The normalized spacial score (nSPS) is 13.6. The van der Waals surface area contributed by atoms with E-state index in [4.69, 9.17) is 15.2 Å². The van der Waals surface area contributed by atoms with E-state index in [9.17, 15) is 9.59 Å². The Morgan fingerprint density at radius 2 is 1.69 bits per heavy atom.